The van der Waals surface area contributed by atoms with Crippen LogP contribution in [0.25, 0.3) is 0 Å². The second-order valence-electron chi connectivity index (χ2n) is 6.70. The SMILES string of the molecule is CCOC(=O)CCN(Cc1ccc(OC)cc1)C(=O)CCc1ccc(C)cc1. The summed E-state index contributed by atoms with van der Waals surface area (Å²) >= 11 is 0. The molecule has 0 atom stereocenters. The van der Waals surface area contributed by atoms with Crippen molar-refractivity contribution in [3.8, 4) is 5.75 Å². The van der Waals surface area contributed by atoms with Crippen molar-refractivity contribution >= 4 is 11.9 Å². The van der Waals surface area contributed by atoms with Crippen molar-refractivity contribution in [2.24, 2.45) is 0 Å². The first-order valence-electron chi connectivity index (χ1n) is 9.63. The van der Waals surface area contributed by atoms with E-state index in [0.717, 1.165) is 16.9 Å². The summed E-state index contributed by atoms with van der Waals surface area (Å²) in [6.07, 6.45) is 1.28. The summed E-state index contributed by atoms with van der Waals surface area (Å²) in [4.78, 5) is 26.3. The van der Waals surface area contributed by atoms with Gasteiger partial charge in [-0.15, -0.1) is 0 Å². The second kappa shape index (κ2) is 11.1. The van der Waals surface area contributed by atoms with Crippen molar-refractivity contribution in [2.45, 2.75) is 39.7 Å². The normalized spacial score (nSPS) is 10.4. The number of ether oxygens (including phenoxy) is 2. The first-order chi connectivity index (χ1) is 13.5. The number of benzene rings is 2. The highest BCUT2D eigenvalue weighted by Gasteiger charge is 2.16. The van der Waals surface area contributed by atoms with Crippen LogP contribution in [-0.2, 0) is 27.3 Å². The van der Waals surface area contributed by atoms with Gasteiger partial charge in [-0.3, -0.25) is 9.59 Å². The summed E-state index contributed by atoms with van der Waals surface area (Å²) in [5.41, 5.74) is 3.33. The van der Waals surface area contributed by atoms with Gasteiger partial charge in [-0.25, -0.2) is 0 Å². The maximum atomic E-state index is 12.8. The van der Waals surface area contributed by atoms with Crippen LogP contribution in [0, 0.1) is 6.92 Å². The van der Waals surface area contributed by atoms with Gasteiger partial charge in [0.25, 0.3) is 0 Å². The molecule has 0 unspecified atom stereocenters. The van der Waals surface area contributed by atoms with Crippen molar-refractivity contribution in [1.29, 1.82) is 0 Å². The third kappa shape index (κ3) is 7.06. The number of hydrogen-bond acceptors (Lipinski definition) is 4. The van der Waals surface area contributed by atoms with Crippen LogP contribution in [0.1, 0.15) is 36.5 Å². The van der Waals surface area contributed by atoms with E-state index in [-0.39, 0.29) is 18.3 Å². The van der Waals surface area contributed by atoms with Crippen LogP contribution in [-0.4, -0.2) is 37.0 Å². The molecule has 2 rings (SSSR count). The fourth-order valence-corrected chi connectivity index (χ4v) is 2.87. The van der Waals surface area contributed by atoms with Crippen molar-refractivity contribution in [3.05, 3.63) is 65.2 Å². The topological polar surface area (TPSA) is 55.8 Å². The zero-order valence-electron chi connectivity index (χ0n) is 16.9. The summed E-state index contributed by atoms with van der Waals surface area (Å²) in [7, 11) is 1.62. The van der Waals surface area contributed by atoms with Gasteiger partial charge in [0, 0.05) is 19.5 Å². The minimum absolute atomic E-state index is 0.0284. The Morgan fingerprint density at radius 1 is 0.929 bits per heavy atom. The monoisotopic (exact) mass is 383 g/mol. The molecule has 28 heavy (non-hydrogen) atoms. The van der Waals surface area contributed by atoms with E-state index in [0.29, 0.717) is 32.5 Å². The molecule has 0 radical (unpaired) electrons. The molecule has 0 saturated carbocycles. The van der Waals surface area contributed by atoms with Crippen LogP contribution in [0.5, 0.6) is 5.75 Å². The van der Waals surface area contributed by atoms with E-state index in [1.54, 1.807) is 18.9 Å². The molecule has 0 N–H and O–H groups in total. The number of esters is 1. The molecule has 0 spiro atoms. The van der Waals surface area contributed by atoms with Gasteiger partial charge < -0.3 is 14.4 Å². The molecule has 0 saturated heterocycles. The Kier molecular flexibility index (Phi) is 8.53. The van der Waals surface area contributed by atoms with Gasteiger partial charge in [0.2, 0.25) is 5.91 Å². The first kappa shape index (κ1) is 21.5. The Hall–Kier alpha value is -2.82. The van der Waals surface area contributed by atoms with Gasteiger partial charge in [-0.05, 0) is 43.5 Å². The highest BCUT2D eigenvalue weighted by Crippen LogP contribution is 2.15. The van der Waals surface area contributed by atoms with E-state index >= 15 is 0 Å². The lowest BCUT2D eigenvalue weighted by molar-refractivity contribution is -0.144. The van der Waals surface area contributed by atoms with Gasteiger partial charge in [-0.2, -0.15) is 0 Å². The fraction of sp³-hybridized carbons (Fsp3) is 0.391. The number of rotatable bonds is 10. The minimum Gasteiger partial charge on any atom is -0.497 e. The molecule has 5 heteroatoms. The first-order valence-corrected chi connectivity index (χ1v) is 9.63. The molecule has 0 aliphatic rings. The lowest BCUT2D eigenvalue weighted by Crippen LogP contribution is -2.33. The predicted octanol–water partition coefficient (Wildman–Crippen LogP) is 3.92. The number of hydrogen-bond donors (Lipinski definition) is 0. The molecule has 0 heterocycles. The number of methoxy groups -OCH3 is 1. The maximum Gasteiger partial charge on any atom is 0.307 e. The van der Waals surface area contributed by atoms with Gasteiger partial charge in [-0.1, -0.05) is 42.0 Å². The molecule has 0 aliphatic heterocycles. The standard InChI is InChI=1S/C23H29NO4/c1-4-28-23(26)15-16-24(17-20-9-12-21(27-3)13-10-20)22(25)14-11-19-7-5-18(2)6-8-19/h5-10,12-13H,4,11,14-17H2,1-3H3. The highest BCUT2D eigenvalue weighted by atomic mass is 16.5. The lowest BCUT2D eigenvalue weighted by Gasteiger charge is -2.23. The van der Waals surface area contributed by atoms with E-state index in [1.807, 2.05) is 31.2 Å². The van der Waals surface area contributed by atoms with Crippen LogP contribution < -0.4 is 4.74 Å². The molecular weight excluding hydrogens is 354 g/mol. The Labute approximate surface area is 167 Å². The average Bonchev–Trinajstić information content (AvgIpc) is 2.71. The third-order valence-electron chi connectivity index (χ3n) is 4.52. The summed E-state index contributed by atoms with van der Waals surface area (Å²) in [6.45, 7) is 4.97. The Morgan fingerprint density at radius 2 is 1.57 bits per heavy atom. The van der Waals surface area contributed by atoms with Crippen molar-refractivity contribution in [3.63, 3.8) is 0 Å². The molecule has 5 nitrogen and oxygen atoms in total. The average molecular weight is 383 g/mol. The van der Waals surface area contributed by atoms with Crippen LogP contribution >= 0.6 is 0 Å². The number of carbonyl (C=O) groups is 2. The Bertz CT molecular complexity index is 753. The molecule has 150 valence electrons. The largest absolute Gasteiger partial charge is 0.497 e. The molecule has 0 bridgehead atoms. The molecule has 2 aromatic carbocycles. The quantitative estimate of drug-likeness (QED) is 0.584. The smallest absolute Gasteiger partial charge is 0.307 e. The summed E-state index contributed by atoms with van der Waals surface area (Å²) in [6, 6.07) is 15.8. The summed E-state index contributed by atoms with van der Waals surface area (Å²) in [5.74, 6) is 0.516. The Morgan fingerprint density at radius 3 is 2.18 bits per heavy atom. The predicted molar refractivity (Wildman–Crippen MR) is 109 cm³/mol. The van der Waals surface area contributed by atoms with Crippen molar-refractivity contribution in [2.75, 3.05) is 20.3 Å². The van der Waals surface area contributed by atoms with Crippen LogP contribution in [0.15, 0.2) is 48.5 Å². The zero-order valence-corrected chi connectivity index (χ0v) is 16.9. The lowest BCUT2D eigenvalue weighted by atomic mass is 10.1. The summed E-state index contributed by atoms with van der Waals surface area (Å²) < 4.78 is 10.2. The fourth-order valence-electron chi connectivity index (χ4n) is 2.87. The van der Waals surface area contributed by atoms with Gasteiger partial charge in [0.1, 0.15) is 5.75 Å². The second-order valence-corrected chi connectivity index (χ2v) is 6.70. The molecule has 1 amide bonds. The van der Waals surface area contributed by atoms with Crippen molar-refractivity contribution in [1.82, 2.24) is 4.90 Å². The van der Waals surface area contributed by atoms with Crippen molar-refractivity contribution < 1.29 is 19.1 Å². The minimum atomic E-state index is -0.284. The van der Waals surface area contributed by atoms with E-state index in [4.69, 9.17) is 9.47 Å². The van der Waals surface area contributed by atoms with Crippen LogP contribution in [0.3, 0.4) is 0 Å². The number of amides is 1. The molecule has 0 aliphatic carbocycles. The summed E-state index contributed by atoms with van der Waals surface area (Å²) in [5, 5.41) is 0. The maximum absolute atomic E-state index is 12.8. The van der Waals surface area contributed by atoms with E-state index < -0.39 is 0 Å². The van der Waals surface area contributed by atoms with Gasteiger partial charge in [0.15, 0.2) is 0 Å². The number of carbonyl (C=O) groups excluding carboxylic acids is 2. The van der Waals surface area contributed by atoms with E-state index in [1.165, 1.54) is 5.56 Å². The van der Waals surface area contributed by atoms with E-state index in [9.17, 15) is 9.59 Å². The highest BCUT2D eigenvalue weighted by molar-refractivity contribution is 5.77. The van der Waals surface area contributed by atoms with Gasteiger partial charge in [0.05, 0.1) is 20.1 Å². The zero-order chi connectivity index (χ0) is 20.4. The number of nitrogens with zero attached hydrogens (tertiary/aromatic N) is 1. The number of aryl methyl sites for hydroxylation is 2. The van der Waals surface area contributed by atoms with E-state index in [2.05, 4.69) is 24.3 Å². The van der Waals surface area contributed by atoms with Gasteiger partial charge >= 0.3 is 5.97 Å². The molecular formula is C23H29NO4. The molecule has 0 fully saturated rings. The van der Waals surface area contributed by atoms with Crippen LogP contribution in [0.2, 0.25) is 0 Å². The third-order valence-corrected chi connectivity index (χ3v) is 4.52. The van der Waals surface area contributed by atoms with Crippen LogP contribution in [0.4, 0.5) is 0 Å². The Balaban J connectivity index is 2.00. The molecule has 2 aromatic rings. The molecule has 0 aromatic heterocycles.